The van der Waals surface area contributed by atoms with Crippen molar-refractivity contribution in [3.05, 3.63) is 0 Å². The van der Waals surface area contributed by atoms with Gasteiger partial charge in [0.2, 0.25) is 5.91 Å². The lowest BCUT2D eigenvalue weighted by atomic mass is 10.1. The predicted molar refractivity (Wildman–Crippen MR) is 62.9 cm³/mol. The van der Waals surface area contributed by atoms with E-state index in [1.165, 1.54) is 0 Å². The maximum atomic E-state index is 11.6. The van der Waals surface area contributed by atoms with Gasteiger partial charge in [-0.2, -0.15) is 0 Å². The zero-order valence-corrected chi connectivity index (χ0v) is 10.1. The van der Waals surface area contributed by atoms with Crippen LogP contribution in [0, 0.1) is 0 Å². The van der Waals surface area contributed by atoms with Crippen LogP contribution in [0.15, 0.2) is 4.99 Å². The number of carbonyl (C=O) groups excluding carboxylic acids is 1. The summed E-state index contributed by atoms with van der Waals surface area (Å²) in [5, 5.41) is 3.00. The average molecular weight is 214 g/mol. The molecule has 1 amide bonds. The Hall–Kier alpha value is -1.10. The highest BCUT2D eigenvalue weighted by molar-refractivity contribution is 5.81. The van der Waals surface area contributed by atoms with Crippen LogP contribution in [0.3, 0.4) is 0 Å². The molecule has 0 aliphatic heterocycles. The van der Waals surface area contributed by atoms with Crippen molar-refractivity contribution in [3.8, 4) is 0 Å². The second kappa shape index (κ2) is 7.23. The molecule has 0 rings (SSSR count). The Balaban J connectivity index is 3.91. The standard InChI is InChI=1S/C10H22N4O/c1-8(11)13-7-5-6-9(12-2)10(15)14(3)4/h9,12H,5-7H2,1-4H3,(H2,11,13)/t9-/m0/s1. The zero-order chi connectivity index (χ0) is 11.8. The molecule has 15 heavy (non-hydrogen) atoms. The van der Waals surface area contributed by atoms with Crippen molar-refractivity contribution in [2.45, 2.75) is 25.8 Å². The number of hydrogen-bond donors (Lipinski definition) is 2. The molecule has 88 valence electrons. The number of aliphatic imine (C=N–C) groups is 1. The van der Waals surface area contributed by atoms with Crippen LogP contribution in [0.5, 0.6) is 0 Å². The van der Waals surface area contributed by atoms with E-state index < -0.39 is 0 Å². The van der Waals surface area contributed by atoms with E-state index in [1.807, 2.05) is 0 Å². The Morgan fingerprint density at radius 1 is 1.53 bits per heavy atom. The van der Waals surface area contributed by atoms with Crippen LogP contribution in [0.25, 0.3) is 0 Å². The van der Waals surface area contributed by atoms with Crippen molar-refractivity contribution in [2.75, 3.05) is 27.7 Å². The van der Waals surface area contributed by atoms with E-state index in [1.54, 1.807) is 33.0 Å². The van der Waals surface area contributed by atoms with Gasteiger partial charge in [-0.1, -0.05) is 0 Å². The quantitative estimate of drug-likeness (QED) is 0.366. The molecule has 0 aromatic carbocycles. The molecule has 5 nitrogen and oxygen atoms in total. The van der Waals surface area contributed by atoms with E-state index in [0.29, 0.717) is 12.4 Å². The summed E-state index contributed by atoms with van der Waals surface area (Å²) in [5.74, 6) is 0.695. The van der Waals surface area contributed by atoms with Crippen LogP contribution >= 0.6 is 0 Å². The lowest BCUT2D eigenvalue weighted by Gasteiger charge is -2.19. The summed E-state index contributed by atoms with van der Waals surface area (Å²) in [7, 11) is 5.31. The van der Waals surface area contributed by atoms with Crippen molar-refractivity contribution in [1.82, 2.24) is 10.2 Å². The molecular weight excluding hydrogens is 192 g/mol. The van der Waals surface area contributed by atoms with E-state index >= 15 is 0 Å². The second-order valence-corrected chi connectivity index (χ2v) is 3.74. The summed E-state index contributed by atoms with van der Waals surface area (Å²) < 4.78 is 0. The SMILES string of the molecule is CN[C@@H](CCCN=C(C)N)C(=O)N(C)C. The van der Waals surface area contributed by atoms with Gasteiger partial charge in [0, 0.05) is 20.6 Å². The average Bonchev–Trinajstić information content (AvgIpc) is 2.16. The molecule has 0 aromatic heterocycles. The number of carbonyl (C=O) groups is 1. The molecule has 1 atom stereocenters. The number of amidine groups is 1. The fourth-order valence-electron chi connectivity index (χ4n) is 1.25. The van der Waals surface area contributed by atoms with Crippen LogP contribution in [-0.4, -0.2) is 50.4 Å². The molecule has 0 aromatic rings. The highest BCUT2D eigenvalue weighted by Gasteiger charge is 2.16. The highest BCUT2D eigenvalue weighted by atomic mass is 16.2. The maximum Gasteiger partial charge on any atom is 0.239 e. The monoisotopic (exact) mass is 214 g/mol. The van der Waals surface area contributed by atoms with E-state index in [4.69, 9.17) is 5.73 Å². The lowest BCUT2D eigenvalue weighted by Crippen LogP contribution is -2.41. The van der Waals surface area contributed by atoms with Gasteiger partial charge >= 0.3 is 0 Å². The minimum absolute atomic E-state index is 0.103. The van der Waals surface area contributed by atoms with Crippen LogP contribution in [0.4, 0.5) is 0 Å². The van der Waals surface area contributed by atoms with E-state index in [-0.39, 0.29) is 11.9 Å². The van der Waals surface area contributed by atoms with Crippen LogP contribution < -0.4 is 11.1 Å². The molecule has 0 radical (unpaired) electrons. The Labute approximate surface area is 91.7 Å². The molecule has 0 spiro atoms. The van der Waals surface area contributed by atoms with Crippen LogP contribution in [0.2, 0.25) is 0 Å². The Morgan fingerprint density at radius 2 is 2.13 bits per heavy atom. The fourth-order valence-corrected chi connectivity index (χ4v) is 1.25. The van der Waals surface area contributed by atoms with E-state index in [0.717, 1.165) is 12.8 Å². The summed E-state index contributed by atoms with van der Waals surface area (Å²) >= 11 is 0. The van der Waals surface area contributed by atoms with Gasteiger partial charge in [0.05, 0.1) is 11.9 Å². The predicted octanol–water partition coefficient (Wildman–Crippen LogP) is -0.180. The summed E-state index contributed by atoms with van der Waals surface area (Å²) in [6, 6.07) is -0.117. The maximum absolute atomic E-state index is 11.6. The molecule has 0 unspecified atom stereocenters. The number of nitrogens with two attached hydrogens (primary N) is 1. The first-order chi connectivity index (χ1) is 6.99. The number of rotatable bonds is 6. The van der Waals surface area contributed by atoms with Gasteiger partial charge in [0.15, 0.2) is 0 Å². The smallest absolute Gasteiger partial charge is 0.239 e. The van der Waals surface area contributed by atoms with Gasteiger partial charge in [0.25, 0.3) is 0 Å². The normalized spacial score (nSPS) is 13.7. The third-order valence-electron chi connectivity index (χ3n) is 2.10. The van der Waals surface area contributed by atoms with Crippen LogP contribution in [-0.2, 0) is 4.79 Å². The van der Waals surface area contributed by atoms with Crippen molar-refractivity contribution >= 4 is 11.7 Å². The van der Waals surface area contributed by atoms with Crippen LogP contribution in [0.1, 0.15) is 19.8 Å². The third kappa shape index (κ3) is 6.06. The van der Waals surface area contributed by atoms with Crippen molar-refractivity contribution in [1.29, 1.82) is 0 Å². The minimum Gasteiger partial charge on any atom is -0.388 e. The van der Waals surface area contributed by atoms with Gasteiger partial charge in [-0.05, 0) is 26.8 Å². The van der Waals surface area contributed by atoms with Gasteiger partial charge < -0.3 is 16.0 Å². The number of hydrogen-bond acceptors (Lipinski definition) is 3. The first-order valence-corrected chi connectivity index (χ1v) is 5.14. The molecule has 0 heterocycles. The molecule has 5 heteroatoms. The molecule has 0 aliphatic carbocycles. The molecule has 0 bridgehead atoms. The number of nitrogens with one attached hydrogen (secondary N) is 1. The molecule has 0 saturated heterocycles. The molecule has 0 aliphatic rings. The molecular formula is C10H22N4O. The van der Waals surface area contributed by atoms with E-state index in [9.17, 15) is 4.79 Å². The Kier molecular flexibility index (Phi) is 6.70. The largest absolute Gasteiger partial charge is 0.388 e. The van der Waals surface area contributed by atoms with Gasteiger partial charge in [-0.25, -0.2) is 0 Å². The lowest BCUT2D eigenvalue weighted by molar-refractivity contribution is -0.130. The summed E-state index contributed by atoms with van der Waals surface area (Å²) in [5.41, 5.74) is 5.41. The number of amides is 1. The van der Waals surface area contributed by atoms with Gasteiger partial charge in [0.1, 0.15) is 0 Å². The van der Waals surface area contributed by atoms with Crippen molar-refractivity contribution < 1.29 is 4.79 Å². The minimum atomic E-state index is -0.117. The first kappa shape index (κ1) is 13.9. The third-order valence-corrected chi connectivity index (χ3v) is 2.10. The Bertz CT molecular complexity index is 221. The number of likely N-dealkylation sites (N-methyl/N-ethyl adjacent to an activating group) is 2. The zero-order valence-electron chi connectivity index (χ0n) is 10.1. The summed E-state index contributed by atoms with van der Waals surface area (Å²) in [6.07, 6.45) is 1.64. The second-order valence-electron chi connectivity index (χ2n) is 3.74. The highest BCUT2D eigenvalue weighted by Crippen LogP contribution is 2.00. The van der Waals surface area contributed by atoms with Crippen molar-refractivity contribution in [3.63, 3.8) is 0 Å². The number of nitrogens with zero attached hydrogens (tertiary/aromatic N) is 2. The Morgan fingerprint density at radius 3 is 2.53 bits per heavy atom. The molecule has 0 fully saturated rings. The first-order valence-electron chi connectivity index (χ1n) is 5.14. The van der Waals surface area contributed by atoms with Gasteiger partial charge in [-0.15, -0.1) is 0 Å². The summed E-state index contributed by atoms with van der Waals surface area (Å²) in [4.78, 5) is 17.3. The summed E-state index contributed by atoms with van der Waals surface area (Å²) in [6.45, 7) is 2.45. The fraction of sp³-hybridized carbons (Fsp3) is 0.800. The molecule has 0 saturated carbocycles. The van der Waals surface area contributed by atoms with Gasteiger partial charge in [-0.3, -0.25) is 9.79 Å². The topological polar surface area (TPSA) is 70.7 Å². The molecule has 3 N–H and O–H groups in total. The van der Waals surface area contributed by atoms with E-state index in [2.05, 4.69) is 10.3 Å². The van der Waals surface area contributed by atoms with Crippen molar-refractivity contribution in [2.24, 2.45) is 10.7 Å².